The summed E-state index contributed by atoms with van der Waals surface area (Å²) in [5.41, 5.74) is 3.28. The molecule has 0 unspecified atom stereocenters. The van der Waals surface area contributed by atoms with E-state index in [4.69, 9.17) is 11.6 Å². The van der Waals surface area contributed by atoms with E-state index in [1.165, 1.54) is 5.56 Å². The standard InChI is InChI=1S/C18H23ClN2/c1-17(2,3)13-9-7-12(8-10-13)14-11-15(19)21-16(20-14)18(4,5)6/h7-11H,1-6H3. The molecule has 1 aromatic heterocycles. The molecule has 0 saturated heterocycles. The van der Waals surface area contributed by atoms with E-state index in [0.717, 1.165) is 17.1 Å². The van der Waals surface area contributed by atoms with Gasteiger partial charge in [0.1, 0.15) is 11.0 Å². The molecule has 0 spiro atoms. The van der Waals surface area contributed by atoms with Gasteiger partial charge in [0.25, 0.3) is 0 Å². The van der Waals surface area contributed by atoms with Crippen LogP contribution in [-0.2, 0) is 10.8 Å². The van der Waals surface area contributed by atoms with Gasteiger partial charge in [-0.3, -0.25) is 0 Å². The van der Waals surface area contributed by atoms with E-state index in [1.54, 1.807) is 0 Å². The highest BCUT2D eigenvalue weighted by Gasteiger charge is 2.19. The largest absolute Gasteiger partial charge is 0.232 e. The highest BCUT2D eigenvalue weighted by Crippen LogP contribution is 2.28. The average Bonchev–Trinajstić information content (AvgIpc) is 2.36. The molecule has 1 heterocycles. The molecular formula is C18H23ClN2. The van der Waals surface area contributed by atoms with Crippen molar-refractivity contribution < 1.29 is 0 Å². The molecule has 0 radical (unpaired) electrons. The minimum atomic E-state index is -0.120. The molecule has 2 aromatic rings. The minimum absolute atomic E-state index is 0.120. The second-order valence-electron chi connectivity index (χ2n) is 7.48. The first kappa shape index (κ1) is 16.0. The molecule has 0 aliphatic carbocycles. The maximum atomic E-state index is 6.16. The summed E-state index contributed by atoms with van der Waals surface area (Å²) in [7, 11) is 0. The van der Waals surface area contributed by atoms with Crippen molar-refractivity contribution in [2.75, 3.05) is 0 Å². The Balaban J connectivity index is 2.45. The summed E-state index contributed by atoms with van der Waals surface area (Å²) in [4.78, 5) is 9.01. The molecule has 0 saturated carbocycles. The number of aromatic nitrogens is 2. The fourth-order valence-electron chi connectivity index (χ4n) is 2.04. The lowest BCUT2D eigenvalue weighted by molar-refractivity contribution is 0.546. The maximum absolute atomic E-state index is 6.16. The quantitative estimate of drug-likeness (QED) is 0.660. The second-order valence-corrected chi connectivity index (χ2v) is 7.86. The molecule has 1 aromatic carbocycles. The zero-order valence-electron chi connectivity index (χ0n) is 13.7. The van der Waals surface area contributed by atoms with E-state index in [9.17, 15) is 0 Å². The SMILES string of the molecule is CC(C)(C)c1ccc(-c2cc(Cl)nc(C(C)(C)C)n2)cc1. The first-order chi connectivity index (χ1) is 9.57. The average molecular weight is 303 g/mol. The van der Waals surface area contributed by atoms with Gasteiger partial charge in [-0.25, -0.2) is 9.97 Å². The lowest BCUT2D eigenvalue weighted by Crippen LogP contribution is -2.16. The van der Waals surface area contributed by atoms with Gasteiger partial charge >= 0.3 is 0 Å². The Morgan fingerprint density at radius 2 is 1.38 bits per heavy atom. The molecule has 0 fully saturated rings. The Labute approximate surface area is 132 Å². The molecule has 0 aliphatic rings. The van der Waals surface area contributed by atoms with Crippen molar-refractivity contribution in [1.29, 1.82) is 0 Å². The summed E-state index contributed by atoms with van der Waals surface area (Å²) in [5.74, 6) is 0.768. The molecule has 0 aliphatic heterocycles. The van der Waals surface area contributed by atoms with Crippen molar-refractivity contribution >= 4 is 11.6 Å². The zero-order chi connectivity index (χ0) is 15.8. The third kappa shape index (κ3) is 3.82. The summed E-state index contributed by atoms with van der Waals surface area (Å²) in [6.07, 6.45) is 0. The highest BCUT2D eigenvalue weighted by atomic mass is 35.5. The van der Waals surface area contributed by atoms with Crippen LogP contribution in [0.25, 0.3) is 11.3 Å². The molecule has 0 atom stereocenters. The number of rotatable bonds is 1. The van der Waals surface area contributed by atoms with Crippen LogP contribution in [0.15, 0.2) is 30.3 Å². The summed E-state index contributed by atoms with van der Waals surface area (Å²) in [6.45, 7) is 12.9. The van der Waals surface area contributed by atoms with E-state index >= 15 is 0 Å². The molecule has 0 bridgehead atoms. The van der Waals surface area contributed by atoms with Crippen molar-refractivity contribution in [3.8, 4) is 11.3 Å². The fraction of sp³-hybridized carbons (Fsp3) is 0.444. The van der Waals surface area contributed by atoms with Crippen molar-refractivity contribution in [1.82, 2.24) is 9.97 Å². The predicted molar refractivity (Wildman–Crippen MR) is 89.9 cm³/mol. The number of nitrogens with zero attached hydrogens (tertiary/aromatic N) is 2. The van der Waals surface area contributed by atoms with Gasteiger partial charge in [-0.1, -0.05) is 77.4 Å². The Kier molecular flexibility index (Phi) is 4.12. The topological polar surface area (TPSA) is 25.8 Å². The Hall–Kier alpha value is -1.41. The normalized spacial score (nSPS) is 12.5. The Morgan fingerprint density at radius 1 is 0.810 bits per heavy atom. The van der Waals surface area contributed by atoms with E-state index in [-0.39, 0.29) is 10.8 Å². The summed E-state index contributed by atoms with van der Waals surface area (Å²) in [5, 5.41) is 0.491. The van der Waals surface area contributed by atoms with Crippen LogP contribution in [0.1, 0.15) is 52.9 Å². The highest BCUT2D eigenvalue weighted by molar-refractivity contribution is 6.29. The number of halogens is 1. The van der Waals surface area contributed by atoms with Crippen LogP contribution >= 0.6 is 11.6 Å². The third-order valence-electron chi connectivity index (χ3n) is 3.41. The van der Waals surface area contributed by atoms with Gasteiger partial charge in [0.2, 0.25) is 0 Å². The zero-order valence-corrected chi connectivity index (χ0v) is 14.4. The molecular weight excluding hydrogens is 280 g/mol. The lowest BCUT2D eigenvalue weighted by Gasteiger charge is -2.20. The van der Waals surface area contributed by atoms with Crippen LogP contribution in [0.3, 0.4) is 0 Å². The van der Waals surface area contributed by atoms with Gasteiger partial charge in [0, 0.05) is 17.0 Å². The van der Waals surface area contributed by atoms with Crippen LogP contribution < -0.4 is 0 Å². The van der Waals surface area contributed by atoms with E-state index in [1.807, 2.05) is 6.07 Å². The van der Waals surface area contributed by atoms with Gasteiger partial charge in [-0.15, -0.1) is 0 Å². The molecule has 0 N–H and O–H groups in total. The number of hydrogen-bond acceptors (Lipinski definition) is 2. The van der Waals surface area contributed by atoms with E-state index < -0.39 is 0 Å². The Bertz CT molecular complexity index is 632. The first-order valence-corrected chi connectivity index (χ1v) is 7.61. The third-order valence-corrected chi connectivity index (χ3v) is 3.61. The summed E-state index contributed by atoms with van der Waals surface area (Å²) in [6, 6.07) is 10.3. The van der Waals surface area contributed by atoms with Crippen LogP contribution in [0.4, 0.5) is 0 Å². The minimum Gasteiger partial charge on any atom is -0.232 e. The maximum Gasteiger partial charge on any atom is 0.136 e. The van der Waals surface area contributed by atoms with E-state index in [2.05, 4.69) is 75.8 Å². The van der Waals surface area contributed by atoms with Gasteiger partial charge in [-0.05, 0) is 11.0 Å². The molecule has 2 nitrogen and oxygen atoms in total. The van der Waals surface area contributed by atoms with E-state index in [0.29, 0.717) is 5.15 Å². The molecule has 2 rings (SSSR count). The second kappa shape index (κ2) is 5.42. The van der Waals surface area contributed by atoms with Crippen molar-refractivity contribution in [2.24, 2.45) is 0 Å². The van der Waals surface area contributed by atoms with Gasteiger partial charge in [0.05, 0.1) is 5.69 Å². The predicted octanol–water partition coefficient (Wildman–Crippen LogP) is 5.39. The molecule has 0 amide bonds. The molecule has 112 valence electrons. The summed E-state index contributed by atoms with van der Waals surface area (Å²) < 4.78 is 0. The first-order valence-electron chi connectivity index (χ1n) is 7.23. The van der Waals surface area contributed by atoms with Crippen molar-refractivity contribution in [2.45, 2.75) is 52.4 Å². The number of hydrogen-bond donors (Lipinski definition) is 0. The monoisotopic (exact) mass is 302 g/mol. The Morgan fingerprint density at radius 3 is 1.86 bits per heavy atom. The van der Waals surface area contributed by atoms with Crippen molar-refractivity contribution in [3.05, 3.63) is 46.9 Å². The van der Waals surface area contributed by atoms with Crippen LogP contribution in [0.2, 0.25) is 5.15 Å². The fourth-order valence-corrected chi connectivity index (χ4v) is 2.23. The van der Waals surface area contributed by atoms with Gasteiger partial charge in [0.15, 0.2) is 0 Å². The van der Waals surface area contributed by atoms with Crippen LogP contribution in [0.5, 0.6) is 0 Å². The molecule has 3 heteroatoms. The lowest BCUT2D eigenvalue weighted by atomic mass is 9.86. The summed E-state index contributed by atoms with van der Waals surface area (Å²) >= 11 is 6.16. The van der Waals surface area contributed by atoms with Crippen molar-refractivity contribution in [3.63, 3.8) is 0 Å². The molecule has 21 heavy (non-hydrogen) atoms. The van der Waals surface area contributed by atoms with Gasteiger partial charge < -0.3 is 0 Å². The van der Waals surface area contributed by atoms with Gasteiger partial charge in [-0.2, -0.15) is 0 Å². The number of benzene rings is 1. The smallest absolute Gasteiger partial charge is 0.136 e. The van der Waals surface area contributed by atoms with Crippen LogP contribution in [0, 0.1) is 0 Å². The van der Waals surface area contributed by atoms with Crippen LogP contribution in [-0.4, -0.2) is 9.97 Å².